The average Bonchev–Trinajstić information content (AvgIpc) is 2.20. The molecule has 0 aliphatic heterocycles. The molecule has 0 fully saturated rings. The molecule has 1 atom stereocenters. The van der Waals surface area contributed by atoms with E-state index in [1.165, 1.54) is 0 Å². The molecule has 1 aromatic rings. The number of carbonyl (C=O) groups is 1. The van der Waals surface area contributed by atoms with Crippen LogP contribution in [0.1, 0.15) is 24.8 Å². The summed E-state index contributed by atoms with van der Waals surface area (Å²) in [5, 5.41) is 9.09. The third-order valence-corrected chi connectivity index (χ3v) is 2.78. The average molecular weight is 267 g/mol. The number of rotatable bonds is 3. The number of benzene rings is 1. The Morgan fingerprint density at radius 3 is 2.73 bits per heavy atom. The first-order valence-corrected chi connectivity index (χ1v) is 5.33. The van der Waals surface area contributed by atoms with Crippen LogP contribution in [-0.2, 0) is 4.79 Å². The van der Waals surface area contributed by atoms with Gasteiger partial charge in [-0.15, -0.1) is 11.8 Å². The Morgan fingerprint density at radius 1 is 1.53 bits per heavy atom. The Balaban J connectivity index is 3.02. The molecule has 0 aromatic heterocycles. The van der Waals surface area contributed by atoms with Crippen LogP contribution in [0.2, 0.25) is 0 Å². The number of carboxylic acids is 1. The Bertz CT molecular complexity index is 415. The van der Waals surface area contributed by atoms with Crippen LogP contribution >= 0.6 is 15.9 Å². The van der Waals surface area contributed by atoms with E-state index in [9.17, 15) is 4.79 Å². The van der Waals surface area contributed by atoms with Gasteiger partial charge in [0.1, 0.15) is 0 Å². The normalized spacial score (nSPS) is 11.3. The zero-order valence-electron chi connectivity index (χ0n) is 8.33. The second-order valence-corrected chi connectivity index (χ2v) is 3.90. The minimum atomic E-state index is -0.843. The predicted molar refractivity (Wildman–Crippen MR) is 62.6 cm³/mol. The molecule has 0 amide bonds. The van der Waals surface area contributed by atoms with Crippen molar-refractivity contribution in [3.05, 3.63) is 34.3 Å². The minimum Gasteiger partial charge on any atom is -0.481 e. The molecule has 0 radical (unpaired) electrons. The zero-order valence-corrected chi connectivity index (χ0v) is 9.91. The first kappa shape index (κ1) is 11.8. The molecule has 78 valence electrons. The highest BCUT2D eigenvalue weighted by molar-refractivity contribution is 9.10. The van der Waals surface area contributed by atoms with E-state index in [2.05, 4.69) is 27.8 Å². The van der Waals surface area contributed by atoms with Gasteiger partial charge in [0.15, 0.2) is 0 Å². The fourth-order valence-electron chi connectivity index (χ4n) is 1.29. The molecule has 2 nitrogen and oxygen atoms in total. The van der Waals surface area contributed by atoms with Gasteiger partial charge < -0.3 is 5.11 Å². The predicted octanol–water partition coefficient (Wildman–Crippen LogP) is 3.03. The van der Waals surface area contributed by atoms with Gasteiger partial charge in [-0.1, -0.05) is 34.1 Å². The lowest BCUT2D eigenvalue weighted by molar-refractivity contribution is -0.138. The van der Waals surface area contributed by atoms with Gasteiger partial charge in [0, 0.05) is 10.9 Å². The number of aliphatic carboxylic acids is 1. The quantitative estimate of drug-likeness (QED) is 0.855. The molecule has 0 saturated heterocycles. The molecule has 0 bridgehead atoms. The molecule has 1 rings (SSSR count). The summed E-state index contributed by atoms with van der Waals surface area (Å²) >= 11 is 3.35. The van der Waals surface area contributed by atoms with Gasteiger partial charge in [0.05, 0.1) is 5.92 Å². The smallest absolute Gasteiger partial charge is 0.311 e. The van der Waals surface area contributed by atoms with Crippen molar-refractivity contribution >= 4 is 21.9 Å². The lowest BCUT2D eigenvalue weighted by atomic mass is 9.96. The summed E-state index contributed by atoms with van der Waals surface area (Å²) in [5.74, 6) is 4.11. The van der Waals surface area contributed by atoms with E-state index in [0.29, 0.717) is 6.42 Å². The highest BCUT2D eigenvalue weighted by Crippen LogP contribution is 2.27. The molecule has 15 heavy (non-hydrogen) atoms. The highest BCUT2D eigenvalue weighted by atomic mass is 79.9. The Labute approximate surface area is 97.4 Å². The van der Waals surface area contributed by atoms with Crippen molar-refractivity contribution in [2.24, 2.45) is 0 Å². The molecule has 0 spiro atoms. The van der Waals surface area contributed by atoms with Crippen molar-refractivity contribution in [3.63, 3.8) is 0 Å². The second kappa shape index (κ2) is 5.57. The van der Waals surface area contributed by atoms with E-state index in [-0.39, 0.29) is 0 Å². The number of hydrogen-bond acceptors (Lipinski definition) is 1. The van der Waals surface area contributed by atoms with Gasteiger partial charge in [0.2, 0.25) is 0 Å². The standard InChI is InChI=1S/C12H11BrO2/c1-2-3-6-10(12(14)15)9-7-4-5-8-11(9)13/h4-5,7-8,10H,6H2,1H3,(H,14,15). The van der Waals surface area contributed by atoms with E-state index in [4.69, 9.17) is 5.11 Å². The fourth-order valence-corrected chi connectivity index (χ4v) is 1.85. The van der Waals surface area contributed by atoms with E-state index in [0.717, 1.165) is 10.0 Å². The van der Waals surface area contributed by atoms with Crippen LogP contribution in [0.3, 0.4) is 0 Å². The van der Waals surface area contributed by atoms with Gasteiger partial charge in [-0.05, 0) is 18.6 Å². The van der Waals surface area contributed by atoms with Crippen molar-refractivity contribution in [2.45, 2.75) is 19.3 Å². The van der Waals surface area contributed by atoms with Crippen molar-refractivity contribution in [2.75, 3.05) is 0 Å². The lowest BCUT2D eigenvalue weighted by Crippen LogP contribution is -2.11. The van der Waals surface area contributed by atoms with Crippen LogP contribution in [0.15, 0.2) is 28.7 Å². The summed E-state index contributed by atoms with van der Waals surface area (Å²) < 4.78 is 0.815. The molecule has 1 unspecified atom stereocenters. The van der Waals surface area contributed by atoms with E-state index < -0.39 is 11.9 Å². The van der Waals surface area contributed by atoms with Crippen LogP contribution < -0.4 is 0 Å². The van der Waals surface area contributed by atoms with Crippen molar-refractivity contribution in [3.8, 4) is 11.8 Å². The summed E-state index contributed by atoms with van der Waals surface area (Å²) in [4.78, 5) is 11.1. The summed E-state index contributed by atoms with van der Waals surface area (Å²) in [6.07, 6.45) is 0.342. The first-order chi connectivity index (χ1) is 7.16. The van der Waals surface area contributed by atoms with Gasteiger partial charge in [-0.2, -0.15) is 0 Å². The summed E-state index contributed by atoms with van der Waals surface area (Å²) in [5.41, 5.74) is 0.771. The molecular formula is C12H11BrO2. The van der Waals surface area contributed by atoms with Gasteiger partial charge >= 0.3 is 5.97 Å². The maximum Gasteiger partial charge on any atom is 0.311 e. The maximum absolute atomic E-state index is 11.1. The molecular weight excluding hydrogens is 256 g/mol. The Hall–Kier alpha value is -1.27. The Morgan fingerprint density at radius 2 is 2.20 bits per heavy atom. The third-order valence-electron chi connectivity index (χ3n) is 2.06. The van der Waals surface area contributed by atoms with E-state index >= 15 is 0 Å². The molecule has 1 N–H and O–H groups in total. The Kier molecular flexibility index (Phi) is 4.38. The van der Waals surface area contributed by atoms with Crippen molar-refractivity contribution < 1.29 is 9.90 Å². The molecule has 0 heterocycles. The SMILES string of the molecule is CC#CCC(C(=O)O)c1ccccc1Br. The van der Waals surface area contributed by atoms with Gasteiger partial charge in [0.25, 0.3) is 0 Å². The molecule has 3 heteroatoms. The summed E-state index contributed by atoms with van der Waals surface area (Å²) in [7, 11) is 0. The van der Waals surface area contributed by atoms with Crippen molar-refractivity contribution in [1.29, 1.82) is 0 Å². The largest absolute Gasteiger partial charge is 0.481 e. The molecule has 1 aromatic carbocycles. The van der Waals surface area contributed by atoms with Crippen LogP contribution in [0.5, 0.6) is 0 Å². The van der Waals surface area contributed by atoms with E-state index in [1.807, 2.05) is 18.2 Å². The van der Waals surface area contributed by atoms with E-state index in [1.54, 1.807) is 13.0 Å². The number of carboxylic acid groups (broad SMARTS) is 1. The van der Waals surface area contributed by atoms with Gasteiger partial charge in [-0.3, -0.25) is 4.79 Å². The van der Waals surface area contributed by atoms with Crippen molar-refractivity contribution in [1.82, 2.24) is 0 Å². The number of hydrogen-bond donors (Lipinski definition) is 1. The van der Waals surface area contributed by atoms with Gasteiger partial charge in [-0.25, -0.2) is 0 Å². The van der Waals surface area contributed by atoms with Crippen LogP contribution in [-0.4, -0.2) is 11.1 Å². The lowest BCUT2D eigenvalue weighted by Gasteiger charge is -2.11. The zero-order chi connectivity index (χ0) is 11.3. The summed E-state index contributed by atoms with van der Waals surface area (Å²) in [6, 6.07) is 7.33. The number of halogens is 1. The molecule has 0 saturated carbocycles. The highest BCUT2D eigenvalue weighted by Gasteiger charge is 2.20. The fraction of sp³-hybridized carbons (Fsp3) is 0.250. The van der Waals surface area contributed by atoms with Crippen LogP contribution in [0.25, 0.3) is 0 Å². The maximum atomic E-state index is 11.1. The minimum absolute atomic E-state index is 0.342. The second-order valence-electron chi connectivity index (χ2n) is 3.04. The monoisotopic (exact) mass is 266 g/mol. The summed E-state index contributed by atoms with van der Waals surface area (Å²) in [6.45, 7) is 1.71. The topological polar surface area (TPSA) is 37.3 Å². The third kappa shape index (κ3) is 3.10. The first-order valence-electron chi connectivity index (χ1n) is 4.53. The molecule has 0 aliphatic carbocycles. The van der Waals surface area contributed by atoms with Crippen LogP contribution in [0, 0.1) is 11.8 Å². The van der Waals surface area contributed by atoms with Crippen LogP contribution in [0.4, 0.5) is 0 Å². The molecule has 0 aliphatic rings.